The summed E-state index contributed by atoms with van der Waals surface area (Å²) in [5.74, 6) is -0.391. The molecule has 2 aromatic carbocycles. The molecule has 0 aromatic heterocycles. The molecular formula is C16H14F3NO3. The maximum absolute atomic E-state index is 12.2. The maximum Gasteiger partial charge on any atom is 0.422 e. The molecule has 1 amide bonds. The molecule has 0 aliphatic rings. The molecular weight excluding hydrogens is 311 g/mol. The van der Waals surface area contributed by atoms with Crippen LogP contribution in [0.4, 0.5) is 13.2 Å². The number of carbonyl (C=O) groups excluding carboxylic acids is 1. The summed E-state index contributed by atoms with van der Waals surface area (Å²) in [7, 11) is 0. The van der Waals surface area contributed by atoms with Gasteiger partial charge in [-0.05, 0) is 29.8 Å². The highest BCUT2D eigenvalue weighted by Gasteiger charge is 2.28. The first kappa shape index (κ1) is 16.7. The van der Waals surface area contributed by atoms with E-state index in [1.807, 2.05) is 0 Å². The van der Waals surface area contributed by atoms with E-state index in [-0.39, 0.29) is 18.1 Å². The molecule has 0 aliphatic heterocycles. The third kappa shape index (κ3) is 5.21. The van der Waals surface area contributed by atoms with Crippen LogP contribution in [-0.4, -0.2) is 18.7 Å². The highest BCUT2D eigenvalue weighted by atomic mass is 19.4. The monoisotopic (exact) mass is 325 g/mol. The number of alkyl halides is 3. The molecule has 0 radical (unpaired) electrons. The average Bonchev–Trinajstić information content (AvgIpc) is 2.51. The van der Waals surface area contributed by atoms with Gasteiger partial charge in [0.25, 0.3) is 0 Å². The van der Waals surface area contributed by atoms with Crippen molar-refractivity contribution in [1.29, 1.82) is 0 Å². The van der Waals surface area contributed by atoms with Crippen molar-refractivity contribution in [2.24, 2.45) is 5.73 Å². The summed E-state index contributed by atoms with van der Waals surface area (Å²) >= 11 is 0. The largest absolute Gasteiger partial charge is 0.485 e. The minimum absolute atomic E-state index is 0.00381. The second-order valence-electron chi connectivity index (χ2n) is 4.70. The van der Waals surface area contributed by atoms with Gasteiger partial charge in [0.05, 0.1) is 0 Å². The van der Waals surface area contributed by atoms with Gasteiger partial charge in [-0.1, -0.05) is 24.3 Å². The zero-order valence-electron chi connectivity index (χ0n) is 12.0. The van der Waals surface area contributed by atoms with Crippen LogP contribution in [0.1, 0.15) is 15.9 Å². The van der Waals surface area contributed by atoms with Crippen molar-refractivity contribution < 1.29 is 27.4 Å². The third-order valence-electron chi connectivity index (χ3n) is 2.85. The molecule has 0 spiro atoms. The van der Waals surface area contributed by atoms with Gasteiger partial charge in [0.15, 0.2) is 18.1 Å². The van der Waals surface area contributed by atoms with Crippen molar-refractivity contribution in [2.75, 3.05) is 6.61 Å². The minimum atomic E-state index is -4.43. The van der Waals surface area contributed by atoms with Gasteiger partial charge < -0.3 is 15.2 Å². The van der Waals surface area contributed by atoms with Gasteiger partial charge in [0, 0.05) is 5.56 Å². The van der Waals surface area contributed by atoms with Crippen LogP contribution in [0.15, 0.2) is 48.5 Å². The molecule has 0 atom stereocenters. The lowest BCUT2D eigenvalue weighted by Crippen LogP contribution is -2.19. The first-order chi connectivity index (χ1) is 10.8. The number of halogens is 3. The zero-order chi connectivity index (χ0) is 16.9. The summed E-state index contributed by atoms with van der Waals surface area (Å²) in [5, 5.41) is 0. The number of amides is 1. The van der Waals surface area contributed by atoms with Crippen molar-refractivity contribution in [2.45, 2.75) is 12.8 Å². The molecule has 122 valence electrons. The number of hydrogen-bond donors (Lipinski definition) is 1. The predicted molar refractivity (Wildman–Crippen MR) is 77.3 cm³/mol. The normalized spacial score (nSPS) is 11.1. The highest BCUT2D eigenvalue weighted by Crippen LogP contribution is 2.29. The van der Waals surface area contributed by atoms with Gasteiger partial charge in [0.1, 0.15) is 6.61 Å². The molecule has 0 saturated heterocycles. The third-order valence-corrected chi connectivity index (χ3v) is 2.85. The lowest BCUT2D eigenvalue weighted by molar-refractivity contribution is -0.153. The van der Waals surface area contributed by atoms with Crippen LogP contribution in [0.5, 0.6) is 11.5 Å². The molecule has 0 bridgehead atoms. The van der Waals surface area contributed by atoms with Gasteiger partial charge >= 0.3 is 6.18 Å². The van der Waals surface area contributed by atoms with Gasteiger partial charge in [-0.2, -0.15) is 13.2 Å². The van der Waals surface area contributed by atoms with Crippen molar-refractivity contribution in [3.05, 3.63) is 59.7 Å². The first-order valence-corrected chi connectivity index (χ1v) is 6.65. The topological polar surface area (TPSA) is 61.6 Å². The van der Waals surface area contributed by atoms with Crippen molar-refractivity contribution in [1.82, 2.24) is 0 Å². The Morgan fingerprint density at radius 1 is 1.00 bits per heavy atom. The van der Waals surface area contributed by atoms with E-state index < -0.39 is 18.7 Å². The van der Waals surface area contributed by atoms with E-state index in [0.717, 1.165) is 0 Å². The van der Waals surface area contributed by atoms with E-state index in [9.17, 15) is 18.0 Å². The van der Waals surface area contributed by atoms with E-state index in [2.05, 4.69) is 0 Å². The lowest BCUT2D eigenvalue weighted by atomic mass is 10.1. The zero-order valence-corrected chi connectivity index (χ0v) is 12.0. The molecule has 4 nitrogen and oxygen atoms in total. The smallest absolute Gasteiger partial charge is 0.422 e. The Balaban J connectivity index is 2.06. The predicted octanol–water partition coefficient (Wildman–Crippen LogP) is 3.31. The molecule has 0 unspecified atom stereocenters. The molecule has 2 N–H and O–H groups in total. The SMILES string of the molecule is NC(=O)c1cccc(COc2ccccc2OCC(F)(F)F)c1. The van der Waals surface area contributed by atoms with Crippen LogP contribution in [0.3, 0.4) is 0 Å². The summed E-state index contributed by atoms with van der Waals surface area (Å²) in [4.78, 5) is 11.1. The summed E-state index contributed by atoms with van der Waals surface area (Å²) in [5.41, 5.74) is 6.17. The second-order valence-corrected chi connectivity index (χ2v) is 4.70. The van der Waals surface area contributed by atoms with Gasteiger partial charge in [-0.15, -0.1) is 0 Å². The molecule has 0 fully saturated rings. The Hall–Kier alpha value is -2.70. The summed E-state index contributed by atoms with van der Waals surface area (Å²) < 4.78 is 46.9. The fourth-order valence-electron chi connectivity index (χ4n) is 1.82. The summed E-state index contributed by atoms with van der Waals surface area (Å²) in [6.45, 7) is -1.34. The van der Waals surface area contributed by atoms with Crippen LogP contribution >= 0.6 is 0 Å². The number of hydrogen-bond acceptors (Lipinski definition) is 3. The molecule has 7 heteroatoms. The molecule has 2 aromatic rings. The van der Waals surface area contributed by atoms with Crippen LogP contribution in [0.25, 0.3) is 0 Å². The number of carbonyl (C=O) groups is 1. The van der Waals surface area contributed by atoms with Gasteiger partial charge in [0.2, 0.25) is 5.91 Å². The van der Waals surface area contributed by atoms with Crippen molar-refractivity contribution in [3.8, 4) is 11.5 Å². The van der Waals surface area contributed by atoms with E-state index in [4.69, 9.17) is 15.2 Å². The van der Waals surface area contributed by atoms with Gasteiger partial charge in [-0.25, -0.2) is 0 Å². The Morgan fingerprint density at radius 2 is 1.65 bits per heavy atom. The second kappa shape index (κ2) is 7.04. The Bertz CT molecular complexity index is 686. The van der Waals surface area contributed by atoms with Crippen molar-refractivity contribution >= 4 is 5.91 Å². The molecule has 0 aliphatic carbocycles. The van der Waals surface area contributed by atoms with E-state index >= 15 is 0 Å². The van der Waals surface area contributed by atoms with E-state index in [0.29, 0.717) is 11.1 Å². The number of nitrogens with two attached hydrogens (primary N) is 1. The molecule has 2 rings (SSSR count). The average molecular weight is 325 g/mol. The molecule has 23 heavy (non-hydrogen) atoms. The number of primary amides is 1. The molecule has 0 heterocycles. The highest BCUT2D eigenvalue weighted by molar-refractivity contribution is 5.92. The quantitative estimate of drug-likeness (QED) is 0.886. The first-order valence-electron chi connectivity index (χ1n) is 6.65. The minimum Gasteiger partial charge on any atom is -0.485 e. The number of ether oxygens (including phenoxy) is 2. The Kier molecular flexibility index (Phi) is 5.10. The summed E-state index contributed by atoms with van der Waals surface area (Å²) in [6, 6.07) is 12.5. The fourth-order valence-corrected chi connectivity index (χ4v) is 1.82. The van der Waals surface area contributed by atoms with E-state index in [1.54, 1.807) is 36.4 Å². The number of para-hydroxylation sites is 2. The van der Waals surface area contributed by atoms with Crippen LogP contribution in [-0.2, 0) is 6.61 Å². The van der Waals surface area contributed by atoms with Crippen LogP contribution in [0, 0.1) is 0 Å². The van der Waals surface area contributed by atoms with Crippen LogP contribution < -0.4 is 15.2 Å². The standard InChI is InChI=1S/C16H14F3NO3/c17-16(18,19)10-23-14-7-2-1-6-13(14)22-9-11-4-3-5-12(8-11)15(20)21/h1-8H,9-10H2,(H2,20,21). The Morgan fingerprint density at radius 3 is 2.26 bits per heavy atom. The van der Waals surface area contributed by atoms with Gasteiger partial charge in [-0.3, -0.25) is 4.79 Å². The number of benzene rings is 2. The molecule has 0 saturated carbocycles. The maximum atomic E-state index is 12.2. The number of rotatable bonds is 6. The summed E-state index contributed by atoms with van der Waals surface area (Å²) in [6.07, 6.45) is -4.43. The lowest BCUT2D eigenvalue weighted by Gasteiger charge is -2.14. The fraction of sp³-hybridized carbons (Fsp3) is 0.188. The van der Waals surface area contributed by atoms with Crippen LogP contribution in [0.2, 0.25) is 0 Å². The van der Waals surface area contributed by atoms with E-state index in [1.165, 1.54) is 12.1 Å². The Labute approximate surface area is 130 Å². The van der Waals surface area contributed by atoms with Crippen molar-refractivity contribution in [3.63, 3.8) is 0 Å².